The normalized spacial score (nSPS) is 10.1. The highest BCUT2D eigenvalue weighted by molar-refractivity contribution is 9.10. The molecule has 18 heavy (non-hydrogen) atoms. The molecule has 92 valence electrons. The number of rotatable bonds is 4. The zero-order chi connectivity index (χ0) is 13.0. The van der Waals surface area contributed by atoms with Crippen molar-refractivity contribution in [2.24, 2.45) is 0 Å². The van der Waals surface area contributed by atoms with Crippen molar-refractivity contribution in [3.63, 3.8) is 0 Å². The van der Waals surface area contributed by atoms with Crippen molar-refractivity contribution in [1.29, 1.82) is 0 Å². The minimum atomic E-state index is -0.968. The fourth-order valence-corrected chi connectivity index (χ4v) is 1.83. The predicted octanol–water partition coefficient (Wildman–Crippen LogP) is 3.12. The average Bonchev–Trinajstić information content (AvgIpc) is 2.37. The third kappa shape index (κ3) is 3.30. The molecule has 0 spiro atoms. The summed E-state index contributed by atoms with van der Waals surface area (Å²) in [7, 11) is 0. The largest absolute Gasteiger partial charge is 0.489 e. The van der Waals surface area contributed by atoms with Crippen LogP contribution in [0.2, 0.25) is 0 Å². The molecule has 1 aromatic carbocycles. The number of ether oxygens (including phenoxy) is 1. The van der Waals surface area contributed by atoms with Crippen LogP contribution >= 0.6 is 15.9 Å². The highest BCUT2D eigenvalue weighted by atomic mass is 79.9. The molecule has 0 atom stereocenters. The van der Waals surface area contributed by atoms with Gasteiger partial charge in [0.15, 0.2) is 0 Å². The number of aromatic nitrogens is 1. The van der Waals surface area contributed by atoms with Gasteiger partial charge in [0, 0.05) is 22.4 Å². The van der Waals surface area contributed by atoms with Gasteiger partial charge in [0.05, 0.1) is 5.56 Å². The SMILES string of the molecule is O=C(O)c1cccc(OCc2cncc(Br)c2)c1. The fourth-order valence-electron chi connectivity index (χ4n) is 1.42. The van der Waals surface area contributed by atoms with Crippen LogP contribution in [-0.4, -0.2) is 16.1 Å². The van der Waals surface area contributed by atoms with Gasteiger partial charge in [-0.15, -0.1) is 0 Å². The molecule has 0 amide bonds. The molecule has 0 fully saturated rings. The van der Waals surface area contributed by atoms with Gasteiger partial charge in [-0.05, 0) is 40.2 Å². The molecule has 0 aliphatic carbocycles. The Balaban J connectivity index is 2.06. The predicted molar refractivity (Wildman–Crippen MR) is 69.7 cm³/mol. The molecule has 0 aliphatic rings. The van der Waals surface area contributed by atoms with E-state index in [1.165, 1.54) is 12.1 Å². The molecule has 2 aromatic rings. The van der Waals surface area contributed by atoms with Gasteiger partial charge in [0.1, 0.15) is 12.4 Å². The summed E-state index contributed by atoms with van der Waals surface area (Å²) < 4.78 is 6.39. The van der Waals surface area contributed by atoms with Crippen molar-refractivity contribution in [3.05, 3.63) is 58.3 Å². The van der Waals surface area contributed by atoms with Crippen LogP contribution in [-0.2, 0) is 6.61 Å². The van der Waals surface area contributed by atoms with Gasteiger partial charge in [-0.25, -0.2) is 4.79 Å². The Labute approximate surface area is 112 Å². The summed E-state index contributed by atoms with van der Waals surface area (Å²) in [5.74, 6) is -0.445. The Morgan fingerprint density at radius 2 is 2.17 bits per heavy atom. The number of benzene rings is 1. The van der Waals surface area contributed by atoms with Gasteiger partial charge >= 0.3 is 5.97 Å². The quantitative estimate of drug-likeness (QED) is 0.943. The molecule has 0 saturated heterocycles. The summed E-state index contributed by atoms with van der Waals surface area (Å²) >= 11 is 3.32. The van der Waals surface area contributed by atoms with Crippen LogP contribution in [0.1, 0.15) is 15.9 Å². The number of nitrogens with zero attached hydrogens (tertiary/aromatic N) is 1. The molecule has 4 nitrogen and oxygen atoms in total. The summed E-state index contributed by atoms with van der Waals surface area (Å²) in [5, 5.41) is 8.86. The lowest BCUT2D eigenvalue weighted by atomic mass is 10.2. The topological polar surface area (TPSA) is 59.4 Å². The molecule has 0 unspecified atom stereocenters. The van der Waals surface area contributed by atoms with E-state index in [0.717, 1.165) is 10.0 Å². The van der Waals surface area contributed by atoms with E-state index in [0.29, 0.717) is 12.4 Å². The summed E-state index contributed by atoms with van der Waals surface area (Å²) in [6.07, 6.45) is 3.39. The number of carboxylic acid groups (broad SMARTS) is 1. The summed E-state index contributed by atoms with van der Waals surface area (Å²) in [6, 6.07) is 8.29. The molecular weight excluding hydrogens is 298 g/mol. The second-order valence-corrected chi connectivity index (χ2v) is 4.55. The van der Waals surface area contributed by atoms with E-state index in [9.17, 15) is 4.79 Å². The molecule has 0 radical (unpaired) electrons. The number of halogens is 1. The van der Waals surface area contributed by atoms with Gasteiger partial charge in [0.25, 0.3) is 0 Å². The number of carbonyl (C=O) groups is 1. The van der Waals surface area contributed by atoms with Gasteiger partial charge in [-0.1, -0.05) is 6.07 Å². The van der Waals surface area contributed by atoms with E-state index in [4.69, 9.17) is 9.84 Å². The van der Waals surface area contributed by atoms with Crippen LogP contribution in [0.4, 0.5) is 0 Å². The summed E-state index contributed by atoms with van der Waals surface area (Å²) in [4.78, 5) is 14.8. The summed E-state index contributed by atoms with van der Waals surface area (Å²) in [5.41, 5.74) is 1.12. The first-order chi connectivity index (χ1) is 8.65. The van der Waals surface area contributed by atoms with Crippen molar-refractivity contribution >= 4 is 21.9 Å². The number of hydrogen-bond donors (Lipinski definition) is 1. The second kappa shape index (κ2) is 5.64. The fraction of sp³-hybridized carbons (Fsp3) is 0.0769. The van der Waals surface area contributed by atoms with Crippen molar-refractivity contribution in [2.75, 3.05) is 0 Å². The Morgan fingerprint density at radius 1 is 1.33 bits per heavy atom. The van der Waals surface area contributed by atoms with Crippen LogP contribution in [0.5, 0.6) is 5.75 Å². The standard InChI is InChI=1S/C13H10BrNO3/c14-11-4-9(6-15-7-11)8-18-12-3-1-2-10(5-12)13(16)17/h1-7H,8H2,(H,16,17). The van der Waals surface area contributed by atoms with Gasteiger partial charge in [-0.2, -0.15) is 0 Å². The smallest absolute Gasteiger partial charge is 0.335 e. The molecule has 1 aromatic heterocycles. The lowest BCUT2D eigenvalue weighted by Gasteiger charge is -2.06. The molecule has 2 rings (SSSR count). The Hall–Kier alpha value is -1.88. The highest BCUT2D eigenvalue weighted by Gasteiger charge is 2.04. The number of hydrogen-bond acceptors (Lipinski definition) is 3. The van der Waals surface area contributed by atoms with Crippen LogP contribution < -0.4 is 4.74 Å². The van der Waals surface area contributed by atoms with Crippen molar-refractivity contribution in [1.82, 2.24) is 4.98 Å². The van der Waals surface area contributed by atoms with E-state index in [2.05, 4.69) is 20.9 Å². The van der Waals surface area contributed by atoms with E-state index < -0.39 is 5.97 Å². The van der Waals surface area contributed by atoms with Gasteiger partial charge in [-0.3, -0.25) is 4.98 Å². The average molecular weight is 308 g/mol. The Morgan fingerprint density at radius 3 is 2.89 bits per heavy atom. The lowest BCUT2D eigenvalue weighted by molar-refractivity contribution is 0.0696. The summed E-state index contributed by atoms with van der Waals surface area (Å²) in [6.45, 7) is 0.343. The van der Waals surface area contributed by atoms with E-state index in [1.807, 2.05) is 6.07 Å². The minimum Gasteiger partial charge on any atom is -0.489 e. The molecule has 1 heterocycles. The molecule has 0 aliphatic heterocycles. The second-order valence-electron chi connectivity index (χ2n) is 3.63. The first kappa shape index (κ1) is 12.6. The maximum atomic E-state index is 10.8. The third-order valence-corrected chi connectivity index (χ3v) is 2.68. The van der Waals surface area contributed by atoms with Crippen molar-refractivity contribution in [2.45, 2.75) is 6.61 Å². The number of pyridine rings is 1. The van der Waals surface area contributed by atoms with Crippen LogP contribution in [0, 0.1) is 0 Å². The third-order valence-electron chi connectivity index (χ3n) is 2.25. The monoisotopic (exact) mass is 307 g/mol. The zero-order valence-electron chi connectivity index (χ0n) is 9.34. The van der Waals surface area contributed by atoms with E-state index in [1.54, 1.807) is 24.5 Å². The van der Waals surface area contributed by atoms with E-state index in [-0.39, 0.29) is 5.56 Å². The number of carboxylic acids is 1. The molecule has 0 bridgehead atoms. The van der Waals surface area contributed by atoms with Crippen molar-refractivity contribution < 1.29 is 14.6 Å². The maximum Gasteiger partial charge on any atom is 0.335 e. The molecule has 0 saturated carbocycles. The maximum absolute atomic E-state index is 10.8. The Kier molecular flexibility index (Phi) is 3.94. The van der Waals surface area contributed by atoms with Gasteiger partial charge in [0.2, 0.25) is 0 Å². The molecular formula is C13H10BrNO3. The first-order valence-corrected chi connectivity index (χ1v) is 6.00. The van der Waals surface area contributed by atoms with E-state index >= 15 is 0 Å². The number of aromatic carboxylic acids is 1. The molecule has 5 heteroatoms. The van der Waals surface area contributed by atoms with Crippen LogP contribution in [0.3, 0.4) is 0 Å². The first-order valence-electron chi connectivity index (χ1n) is 5.21. The highest BCUT2D eigenvalue weighted by Crippen LogP contribution is 2.16. The zero-order valence-corrected chi connectivity index (χ0v) is 10.9. The minimum absolute atomic E-state index is 0.208. The lowest BCUT2D eigenvalue weighted by Crippen LogP contribution is -1.99. The van der Waals surface area contributed by atoms with Crippen LogP contribution in [0.25, 0.3) is 0 Å². The van der Waals surface area contributed by atoms with Crippen molar-refractivity contribution in [3.8, 4) is 5.75 Å². The molecule has 1 N–H and O–H groups in total. The van der Waals surface area contributed by atoms with Crippen LogP contribution in [0.15, 0.2) is 47.2 Å². The van der Waals surface area contributed by atoms with Gasteiger partial charge < -0.3 is 9.84 Å². The Bertz CT molecular complexity index is 572.